The summed E-state index contributed by atoms with van der Waals surface area (Å²) in [7, 11) is -4.31. The van der Waals surface area contributed by atoms with Crippen molar-refractivity contribution < 1.29 is 51.5 Å². The molecule has 0 heterocycles. The van der Waals surface area contributed by atoms with Crippen molar-refractivity contribution in [2.45, 2.75) is 69.2 Å². The van der Waals surface area contributed by atoms with E-state index in [0.717, 1.165) is 29.8 Å². The number of amides is 2. The van der Waals surface area contributed by atoms with E-state index >= 15 is 0 Å². The highest BCUT2D eigenvalue weighted by molar-refractivity contribution is 7.87. The summed E-state index contributed by atoms with van der Waals surface area (Å²) in [5.41, 5.74) is 7.00. The number of esters is 1. The molecule has 0 unspecified atom stereocenters. The summed E-state index contributed by atoms with van der Waals surface area (Å²) in [5.74, 6) is -4.65. The number of ether oxygens (including phenoxy) is 1. The minimum absolute atomic E-state index is 0.0134. The number of hydrogen-bond donors (Lipinski definition) is 5. The molecule has 0 saturated heterocycles. The highest BCUT2D eigenvalue weighted by Crippen LogP contribution is 2.21. The van der Waals surface area contributed by atoms with Gasteiger partial charge in [0.25, 0.3) is 0 Å². The normalized spacial score (nSPS) is 13.1. The lowest BCUT2D eigenvalue weighted by atomic mass is 10.0. The van der Waals surface area contributed by atoms with Crippen molar-refractivity contribution in [2.24, 2.45) is 11.7 Å². The standard InChI is InChI=1S/C34H39N3O11S/c1-21(2)18-29(34(44)47-20-23-6-4-3-5-7-23)37-32(41)28(36-31(40)27(35)16-17-30(38)39)19-22-8-12-25(13-9-22)48-49(45,46)26-14-10-24(11-15-26)33(42)43/h3-15,21,27-29H,16-20,35H2,1-2H3,(H,36,40)(H,37,41)(H,38,39)(H,42,43)/t27-,28-,29-/m0/s1. The average molecular weight is 698 g/mol. The molecule has 0 radical (unpaired) electrons. The van der Waals surface area contributed by atoms with E-state index < -0.39 is 58.0 Å². The van der Waals surface area contributed by atoms with E-state index in [1.165, 1.54) is 24.3 Å². The molecule has 0 spiro atoms. The molecule has 49 heavy (non-hydrogen) atoms. The summed E-state index contributed by atoms with van der Waals surface area (Å²) >= 11 is 0. The predicted octanol–water partition coefficient (Wildman–Crippen LogP) is 2.65. The third kappa shape index (κ3) is 12.4. The number of carbonyl (C=O) groups excluding carboxylic acids is 3. The van der Waals surface area contributed by atoms with Crippen LogP contribution in [0.25, 0.3) is 0 Å². The first-order valence-electron chi connectivity index (χ1n) is 15.3. The van der Waals surface area contributed by atoms with Gasteiger partial charge >= 0.3 is 28.0 Å². The van der Waals surface area contributed by atoms with Crippen LogP contribution in [0.2, 0.25) is 0 Å². The third-order valence-electron chi connectivity index (χ3n) is 7.13. The number of carbonyl (C=O) groups is 5. The average Bonchev–Trinajstić information content (AvgIpc) is 3.06. The van der Waals surface area contributed by atoms with Gasteiger partial charge in [0.05, 0.1) is 11.6 Å². The number of aromatic carboxylic acids is 1. The summed E-state index contributed by atoms with van der Waals surface area (Å²) in [5, 5.41) is 23.2. The largest absolute Gasteiger partial charge is 0.481 e. The van der Waals surface area contributed by atoms with E-state index in [2.05, 4.69) is 10.6 Å². The summed E-state index contributed by atoms with van der Waals surface area (Å²) in [6.07, 6.45) is -0.446. The lowest BCUT2D eigenvalue weighted by Gasteiger charge is -2.25. The maximum atomic E-state index is 13.6. The van der Waals surface area contributed by atoms with E-state index in [4.69, 9.17) is 24.9 Å². The van der Waals surface area contributed by atoms with Gasteiger partial charge in [0.1, 0.15) is 29.3 Å². The summed E-state index contributed by atoms with van der Waals surface area (Å²) in [4.78, 5) is 61.4. The van der Waals surface area contributed by atoms with Gasteiger partial charge in [0, 0.05) is 12.8 Å². The molecule has 3 aromatic rings. The molecule has 0 aliphatic heterocycles. The van der Waals surface area contributed by atoms with Gasteiger partial charge < -0.3 is 35.5 Å². The maximum Gasteiger partial charge on any atom is 0.339 e. The monoisotopic (exact) mass is 697 g/mol. The van der Waals surface area contributed by atoms with Crippen molar-refractivity contribution in [3.63, 3.8) is 0 Å². The first-order chi connectivity index (χ1) is 23.1. The van der Waals surface area contributed by atoms with Gasteiger partial charge in [-0.1, -0.05) is 56.3 Å². The number of hydrogen-bond acceptors (Lipinski definition) is 10. The van der Waals surface area contributed by atoms with Crippen molar-refractivity contribution in [1.29, 1.82) is 0 Å². The zero-order valence-electron chi connectivity index (χ0n) is 26.9. The van der Waals surface area contributed by atoms with Crippen molar-refractivity contribution in [3.05, 3.63) is 95.6 Å². The lowest BCUT2D eigenvalue weighted by molar-refractivity contribution is -0.149. The van der Waals surface area contributed by atoms with E-state index in [9.17, 15) is 32.4 Å². The van der Waals surface area contributed by atoms with Gasteiger partial charge in [-0.05, 0) is 66.3 Å². The number of nitrogens with two attached hydrogens (primary N) is 1. The first kappa shape index (κ1) is 38.2. The van der Waals surface area contributed by atoms with Gasteiger partial charge in [-0.15, -0.1) is 0 Å². The number of carboxylic acids is 2. The lowest BCUT2D eigenvalue weighted by Crippen LogP contribution is -2.55. The number of nitrogens with one attached hydrogen (secondary N) is 2. The Labute approximate surface area is 283 Å². The van der Waals surface area contributed by atoms with Gasteiger partial charge in [-0.2, -0.15) is 8.42 Å². The Morgan fingerprint density at radius 1 is 0.796 bits per heavy atom. The van der Waals surface area contributed by atoms with Gasteiger partial charge in [-0.3, -0.25) is 14.4 Å². The van der Waals surface area contributed by atoms with Crippen LogP contribution in [0.4, 0.5) is 0 Å². The zero-order chi connectivity index (χ0) is 36.1. The van der Waals surface area contributed by atoms with Crippen molar-refractivity contribution in [3.8, 4) is 5.75 Å². The molecule has 0 fully saturated rings. The van der Waals surface area contributed by atoms with Crippen LogP contribution in [-0.2, 0) is 47.1 Å². The van der Waals surface area contributed by atoms with Crippen LogP contribution in [0.15, 0.2) is 83.8 Å². The van der Waals surface area contributed by atoms with Gasteiger partial charge in [0.2, 0.25) is 11.8 Å². The van der Waals surface area contributed by atoms with Crippen LogP contribution in [0, 0.1) is 5.92 Å². The van der Waals surface area contributed by atoms with E-state index in [1.54, 1.807) is 24.3 Å². The Balaban J connectivity index is 1.78. The molecule has 3 atom stereocenters. The fourth-order valence-corrected chi connectivity index (χ4v) is 5.47. The Morgan fingerprint density at radius 3 is 1.98 bits per heavy atom. The molecule has 15 heteroatoms. The molecule has 0 bridgehead atoms. The Bertz CT molecular complexity index is 1710. The van der Waals surface area contributed by atoms with Crippen LogP contribution in [0.3, 0.4) is 0 Å². The van der Waals surface area contributed by atoms with Gasteiger partial charge in [0.15, 0.2) is 0 Å². The first-order valence-corrected chi connectivity index (χ1v) is 16.7. The summed E-state index contributed by atoms with van der Waals surface area (Å²) in [6, 6.07) is 15.5. The molecule has 6 N–H and O–H groups in total. The fourth-order valence-electron chi connectivity index (χ4n) is 4.54. The minimum atomic E-state index is -4.31. The number of benzene rings is 3. The quantitative estimate of drug-likeness (QED) is 0.0955. The molecule has 3 aromatic carbocycles. The van der Waals surface area contributed by atoms with Crippen molar-refractivity contribution in [1.82, 2.24) is 10.6 Å². The van der Waals surface area contributed by atoms with Crippen LogP contribution >= 0.6 is 0 Å². The van der Waals surface area contributed by atoms with Crippen molar-refractivity contribution in [2.75, 3.05) is 0 Å². The summed E-state index contributed by atoms with van der Waals surface area (Å²) in [6.45, 7) is 3.71. The van der Waals surface area contributed by atoms with Gasteiger partial charge in [-0.25, -0.2) is 9.59 Å². The molecule has 2 amide bonds. The second-order valence-corrected chi connectivity index (χ2v) is 13.1. The molecule has 0 aromatic heterocycles. The predicted molar refractivity (Wildman–Crippen MR) is 176 cm³/mol. The SMILES string of the molecule is CC(C)C[C@H](NC(=O)[C@H](Cc1ccc(OS(=O)(=O)c2ccc(C(=O)O)cc2)cc1)NC(=O)[C@@H](N)CCC(=O)O)C(=O)OCc1ccccc1. The van der Waals surface area contributed by atoms with E-state index in [-0.39, 0.29) is 54.4 Å². The smallest absolute Gasteiger partial charge is 0.339 e. The Morgan fingerprint density at radius 2 is 1.41 bits per heavy atom. The molecular formula is C34H39N3O11S. The molecule has 0 aliphatic rings. The second kappa shape index (κ2) is 17.8. The highest BCUT2D eigenvalue weighted by atomic mass is 32.2. The Kier molecular flexibility index (Phi) is 13.8. The number of aliphatic carboxylic acids is 1. The topological polar surface area (TPSA) is 228 Å². The van der Waals surface area contributed by atoms with Crippen LogP contribution in [0.1, 0.15) is 54.6 Å². The highest BCUT2D eigenvalue weighted by Gasteiger charge is 2.30. The summed E-state index contributed by atoms with van der Waals surface area (Å²) < 4.78 is 36.1. The molecule has 14 nitrogen and oxygen atoms in total. The molecule has 0 aliphatic carbocycles. The second-order valence-electron chi connectivity index (χ2n) is 11.6. The van der Waals surface area contributed by atoms with Crippen LogP contribution < -0.4 is 20.6 Å². The van der Waals surface area contributed by atoms with E-state index in [1.807, 2.05) is 19.9 Å². The van der Waals surface area contributed by atoms with Crippen LogP contribution in [-0.4, -0.2) is 66.5 Å². The fraction of sp³-hybridized carbons (Fsp3) is 0.324. The van der Waals surface area contributed by atoms with E-state index in [0.29, 0.717) is 5.56 Å². The third-order valence-corrected chi connectivity index (χ3v) is 8.39. The molecule has 3 rings (SSSR count). The molecule has 262 valence electrons. The molecule has 0 saturated carbocycles. The van der Waals surface area contributed by atoms with Crippen molar-refractivity contribution >= 4 is 39.8 Å². The number of carboxylic acid groups (broad SMARTS) is 2. The number of rotatable bonds is 18. The minimum Gasteiger partial charge on any atom is -0.481 e. The zero-order valence-corrected chi connectivity index (χ0v) is 27.7. The Hall–Kier alpha value is -5.28. The van der Waals surface area contributed by atoms with Crippen LogP contribution in [0.5, 0.6) is 5.75 Å². The maximum absolute atomic E-state index is 13.6. The molecular weight excluding hydrogens is 658 g/mol.